The Morgan fingerprint density at radius 2 is 1.65 bits per heavy atom. The topological polar surface area (TPSA) is 205 Å². The molecule has 66 heavy (non-hydrogen) atoms. The Bertz CT molecular complexity index is 2340. The van der Waals surface area contributed by atoms with Crippen molar-refractivity contribution < 1.29 is 42.9 Å². The molecule has 15 nitrogen and oxygen atoms in total. The van der Waals surface area contributed by atoms with Gasteiger partial charge in [-0.2, -0.15) is 5.26 Å². The lowest BCUT2D eigenvalue weighted by molar-refractivity contribution is -0.164. The van der Waals surface area contributed by atoms with Crippen LogP contribution in [0.2, 0.25) is 5.02 Å². The minimum Gasteiger partial charge on any atom is -0.494 e. The van der Waals surface area contributed by atoms with E-state index in [0.717, 1.165) is 24.0 Å². The molecule has 1 saturated carbocycles. The number of amides is 4. The minimum absolute atomic E-state index is 0.0239. The van der Waals surface area contributed by atoms with Crippen molar-refractivity contribution in [3.8, 4) is 28.9 Å². The molecule has 4 N–H and O–H groups in total. The number of ether oxygens (including phenoxy) is 3. The van der Waals surface area contributed by atoms with E-state index in [-0.39, 0.29) is 44.2 Å². The van der Waals surface area contributed by atoms with Crippen molar-refractivity contribution in [1.82, 2.24) is 25.8 Å². The number of hydrogen-bond donors (Lipinski definition) is 4. The number of halogens is 1. The Kier molecular flexibility index (Phi) is 15.8. The summed E-state index contributed by atoms with van der Waals surface area (Å²) in [5.74, 6) is 0.355. The zero-order valence-corrected chi connectivity index (χ0v) is 39.4. The SMILES string of the molecule is CC(C)(C)[C@H](NC(=O)COCCCCCOc1ccc(C(=O)N[C@H]2C(C)(C)[C@H](Oc3ccc(C#N)c(Cl)c3)C2(C)C)cc1)C(=O)N1C[C@H](O)C[C@H]1C(=O)NCc1ccc(-c2cnco2)cc1. The van der Waals surface area contributed by atoms with Crippen LogP contribution in [0.25, 0.3) is 11.3 Å². The van der Waals surface area contributed by atoms with Gasteiger partial charge in [0.15, 0.2) is 12.2 Å². The molecule has 4 amide bonds. The molecule has 0 unspecified atom stereocenters. The molecule has 1 aliphatic heterocycles. The molecule has 0 bridgehead atoms. The van der Waals surface area contributed by atoms with Crippen LogP contribution in [-0.2, 0) is 25.7 Å². The highest BCUT2D eigenvalue weighted by molar-refractivity contribution is 6.31. The highest BCUT2D eigenvalue weighted by Crippen LogP contribution is 2.55. The summed E-state index contributed by atoms with van der Waals surface area (Å²) in [7, 11) is 0. The first kappa shape index (κ1) is 49.5. The number of nitrogens with one attached hydrogen (secondary N) is 3. The molecule has 3 atom stereocenters. The van der Waals surface area contributed by atoms with E-state index in [0.29, 0.717) is 53.0 Å². The monoisotopic (exact) mass is 924 g/mol. The van der Waals surface area contributed by atoms with Gasteiger partial charge in [-0.3, -0.25) is 19.2 Å². The number of carbonyl (C=O) groups excluding carboxylic acids is 4. The fraction of sp³-hybridized carbons (Fsp3) is 0.480. The molecule has 1 aliphatic carbocycles. The van der Waals surface area contributed by atoms with Crippen LogP contribution in [0.15, 0.2) is 83.7 Å². The predicted octanol–water partition coefficient (Wildman–Crippen LogP) is 6.85. The number of nitriles is 1. The van der Waals surface area contributed by atoms with Crippen molar-refractivity contribution in [2.45, 2.75) is 111 Å². The number of benzene rings is 3. The molecule has 352 valence electrons. The number of nitrogens with zero attached hydrogens (tertiary/aromatic N) is 3. The number of hydrogen-bond acceptors (Lipinski definition) is 11. The van der Waals surface area contributed by atoms with Crippen molar-refractivity contribution in [2.24, 2.45) is 16.2 Å². The van der Waals surface area contributed by atoms with E-state index < -0.39 is 52.2 Å². The van der Waals surface area contributed by atoms with Gasteiger partial charge >= 0.3 is 0 Å². The van der Waals surface area contributed by atoms with Gasteiger partial charge < -0.3 is 44.6 Å². The summed E-state index contributed by atoms with van der Waals surface area (Å²) < 4.78 is 23.2. The third kappa shape index (κ3) is 11.9. The molecule has 2 fully saturated rings. The molecule has 0 radical (unpaired) electrons. The van der Waals surface area contributed by atoms with Crippen LogP contribution in [-0.4, -0.2) is 95.3 Å². The van der Waals surface area contributed by atoms with Gasteiger partial charge in [0, 0.05) is 60.2 Å². The van der Waals surface area contributed by atoms with Gasteiger partial charge in [0.25, 0.3) is 5.91 Å². The van der Waals surface area contributed by atoms with Crippen LogP contribution in [0.1, 0.15) is 95.6 Å². The van der Waals surface area contributed by atoms with Crippen LogP contribution in [0, 0.1) is 27.6 Å². The number of likely N-dealkylation sites (tertiary alicyclic amines) is 1. The summed E-state index contributed by atoms with van der Waals surface area (Å²) in [5, 5.41) is 29.0. The molecule has 1 saturated heterocycles. The summed E-state index contributed by atoms with van der Waals surface area (Å²) in [5.41, 5.74) is 1.10. The van der Waals surface area contributed by atoms with Crippen molar-refractivity contribution >= 4 is 35.2 Å². The first-order valence-corrected chi connectivity index (χ1v) is 22.7. The van der Waals surface area contributed by atoms with E-state index in [1.54, 1.807) is 48.7 Å². The molecule has 4 aromatic rings. The average Bonchev–Trinajstić information content (AvgIpc) is 3.97. The Balaban J connectivity index is 0.875. The number of oxazole rings is 1. The molecule has 2 aliphatic rings. The first-order valence-electron chi connectivity index (χ1n) is 22.3. The Hall–Kier alpha value is -5.95. The summed E-state index contributed by atoms with van der Waals surface area (Å²) in [6.07, 6.45) is 4.19. The molecule has 16 heteroatoms. The number of aliphatic hydroxyl groups excluding tert-OH is 1. The van der Waals surface area contributed by atoms with E-state index in [9.17, 15) is 29.5 Å². The van der Waals surface area contributed by atoms with E-state index in [1.165, 1.54) is 11.3 Å². The van der Waals surface area contributed by atoms with E-state index in [4.69, 9.17) is 30.2 Å². The molecular formula is C50H61ClN6O9. The number of carbonyl (C=O) groups is 4. The van der Waals surface area contributed by atoms with Gasteiger partial charge in [-0.05, 0) is 66.6 Å². The number of unbranched alkanes of at least 4 members (excludes halogenated alkanes) is 2. The zero-order valence-electron chi connectivity index (χ0n) is 38.7. The van der Waals surface area contributed by atoms with Gasteiger partial charge in [0.2, 0.25) is 17.7 Å². The highest BCUT2D eigenvalue weighted by atomic mass is 35.5. The minimum atomic E-state index is -0.962. The standard InChI is InChI=1S/C50H61ClN6O9/c1-48(2,3)42(45(62)57-28-35(58)23-39(57)44(61)54-26-31-11-13-32(14-12-31)40-27-53-30-65-40)55-41(59)29-63-21-9-8-10-22-64-36-18-15-33(16-19-36)43(60)56-46-49(4,5)47(50(46,6)7)66-37-20-17-34(25-52)38(51)24-37/h11-20,24,27,30,35,39,42,46-47,58H,8-10,21-23,26,28-29H2,1-7H3,(H,54,61)(H,55,59)(H,56,60)/t35-,39+,42-,46-,47-/m1/s1. The molecule has 6 rings (SSSR count). The maximum atomic E-state index is 13.9. The second-order valence-corrected chi connectivity index (χ2v) is 19.7. The van der Waals surface area contributed by atoms with Crippen LogP contribution >= 0.6 is 11.6 Å². The molecule has 3 aromatic carbocycles. The number of aliphatic hydroxyl groups is 1. The second kappa shape index (κ2) is 21.1. The van der Waals surface area contributed by atoms with E-state index in [1.807, 2.05) is 45.0 Å². The van der Waals surface area contributed by atoms with Gasteiger partial charge in [-0.1, -0.05) is 84.3 Å². The summed E-state index contributed by atoms with van der Waals surface area (Å²) in [6, 6.07) is 19.5. The normalized spacial score (nSPS) is 20.0. The van der Waals surface area contributed by atoms with Gasteiger partial charge in [0.05, 0.1) is 29.5 Å². The van der Waals surface area contributed by atoms with Crippen molar-refractivity contribution in [2.75, 3.05) is 26.4 Å². The van der Waals surface area contributed by atoms with Gasteiger partial charge in [-0.15, -0.1) is 0 Å². The number of aromatic nitrogens is 1. The van der Waals surface area contributed by atoms with Crippen molar-refractivity contribution in [1.29, 1.82) is 5.26 Å². The highest BCUT2D eigenvalue weighted by Gasteiger charge is 2.64. The zero-order chi connectivity index (χ0) is 47.8. The van der Waals surface area contributed by atoms with Crippen LogP contribution in [0.5, 0.6) is 11.5 Å². The van der Waals surface area contributed by atoms with Gasteiger partial charge in [-0.25, -0.2) is 4.98 Å². The molecule has 0 spiro atoms. The summed E-state index contributed by atoms with van der Waals surface area (Å²) in [6.45, 7) is 14.5. The average molecular weight is 926 g/mol. The Morgan fingerprint density at radius 3 is 2.29 bits per heavy atom. The third-order valence-electron chi connectivity index (χ3n) is 12.4. The lowest BCUT2D eigenvalue weighted by atomic mass is 9.49. The largest absolute Gasteiger partial charge is 0.494 e. The number of rotatable bonds is 19. The Labute approximate surface area is 391 Å². The molecular weight excluding hydrogens is 864 g/mol. The van der Waals surface area contributed by atoms with Gasteiger partial charge in [0.1, 0.15) is 42.4 Å². The Morgan fingerprint density at radius 1 is 0.970 bits per heavy atom. The summed E-state index contributed by atoms with van der Waals surface area (Å²) in [4.78, 5) is 59.0. The smallest absolute Gasteiger partial charge is 0.251 e. The lowest BCUT2D eigenvalue weighted by Gasteiger charge is -2.63. The maximum absolute atomic E-state index is 13.9. The predicted molar refractivity (Wildman–Crippen MR) is 247 cm³/mol. The number of β-amino-alcohol motifs (C(OH)–C–C–N with tert-alkyl or cyclic N) is 1. The third-order valence-corrected chi connectivity index (χ3v) is 12.7. The lowest BCUT2D eigenvalue weighted by Crippen LogP contribution is -2.74. The van der Waals surface area contributed by atoms with Crippen LogP contribution < -0.4 is 25.4 Å². The van der Waals surface area contributed by atoms with Crippen molar-refractivity contribution in [3.05, 3.63) is 101 Å². The molecule has 2 heterocycles. The fourth-order valence-electron chi connectivity index (χ4n) is 9.13. The quantitative estimate of drug-likeness (QED) is 0.0716. The summed E-state index contributed by atoms with van der Waals surface area (Å²) >= 11 is 6.23. The second-order valence-electron chi connectivity index (χ2n) is 19.3. The van der Waals surface area contributed by atoms with Crippen molar-refractivity contribution in [3.63, 3.8) is 0 Å². The van der Waals surface area contributed by atoms with Crippen LogP contribution in [0.3, 0.4) is 0 Å². The molecule has 1 aromatic heterocycles. The van der Waals surface area contributed by atoms with E-state index in [2.05, 4.69) is 54.7 Å². The van der Waals surface area contributed by atoms with E-state index >= 15 is 0 Å². The maximum Gasteiger partial charge on any atom is 0.251 e. The fourth-order valence-corrected chi connectivity index (χ4v) is 9.34. The first-order chi connectivity index (χ1) is 31.3. The van der Waals surface area contributed by atoms with Crippen LogP contribution in [0.4, 0.5) is 0 Å².